The molecule has 1 aromatic rings. The lowest BCUT2D eigenvalue weighted by atomic mass is 10.0. The fraction of sp³-hybridized carbons (Fsp3) is 0.267. The minimum atomic E-state index is 0.231. The molecule has 2 heteroatoms. The van der Waals surface area contributed by atoms with Gasteiger partial charge in [0.15, 0.2) is 5.78 Å². The molecule has 17 heavy (non-hydrogen) atoms. The molecule has 0 atom stereocenters. The predicted molar refractivity (Wildman–Crippen MR) is 68.2 cm³/mol. The minimum absolute atomic E-state index is 0.231. The molecule has 0 heterocycles. The van der Waals surface area contributed by atoms with E-state index in [1.807, 2.05) is 42.5 Å². The summed E-state index contributed by atoms with van der Waals surface area (Å²) in [5, 5.41) is 0. The number of Topliss-reactive ketones (excluding diaryl/α,β-unsaturated/α-hetero) is 1. The second-order valence-corrected chi connectivity index (χ2v) is 4.07. The van der Waals surface area contributed by atoms with Crippen LogP contribution in [0.4, 0.5) is 0 Å². The van der Waals surface area contributed by atoms with Crippen LogP contribution in [-0.2, 0) is 11.2 Å². The molecule has 0 aliphatic heterocycles. The Kier molecular flexibility index (Phi) is 3.76. The maximum absolute atomic E-state index is 11.8. The van der Waals surface area contributed by atoms with Crippen molar-refractivity contribution in [3.05, 3.63) is 53.6 Å². The van der Waals surface area contributed by atoms with E-state index in [0.29, 0.717) is 6.42 Å². The number of allylic oxidation sites excluding steroid dienone is 4. The van der Waals surface area contributed by atoms with Gasteiger partial charge in [0, 0.05) is 12.0 Å². The summed E-state index contributed by atoms with van der Waals surface area (Å²) < 4.78 is 5.09. The Morgan fingerprint density at radius 3 is 2.65 bits per heavy atom. The fourth-order valence-corrected chi connectivity index (χ4v) is 1.86. The molecule has 0 N–H and O–H groups in total. The molecule has 0 bridgehead atoms. The van der Waals surface area contributed by atoms with Crippen LogP contribution >= 0.6 is 0 Å². The predicted octanol–water partition coefficient (Wildman–Crippen LogP) is 3.08. The molecule has 0 radical (unpaired) electrons. The van der Waals surface area contributed by atoms with Crippen LogP contribution in [-0.4, -0.2) is 12.9 Å². The standard InChI is InChI=1S/C15H16O2/c1-17-14-9-6-12(7-10-14)8-11-15(16)13-4-2-3-5-13/h2,4-7,9-10H,3,8,11H2,1H3. The lowest BCUT2D eigenvalue weighted by Crippen LogP contribution is -2.01. The normalized spacial score (nSPS) is 13.6. The summed E-state index contributed by atoms with van der Waals surface area (Å²) >= 11 is 0. The van der Waals surface area contributed by atoms with Crippen molar-refractivity contribution in [1.29, 1.82) is 0 Å². The Hall–Kier alpha value is -1.83. The van der Waals surface area contributed by atoms with Crippen LogP contribution in [0.15, 0.2) is 48.1 Å². The molecule has 2 nitrogen and oxygen atoms in total. The van der Waals surface area contributed by atoms with Crippen LogP contribution in [0, 0.1) is 0 Å². The molecule has 1 aliphatic carbocycles. The smallest absolute Gasteiger partial charge is 0.162 e. The van der Waals surface area contributed by atoms with Crippen molar-refractivity contribution in [2.45, 2.75) is 19.3 Å². The van der Waals surface area contributed by atoms with Crippen LogP contribution in [0.1, 0.15) is 18.4 Å². The molecule has 0 saturated carbocycles. The van der Waals surface area contributed by atoms with Crippen molar-refractivity contribution in [2.24, 2.45) is 0 Å². The number of ether oxygens (including phenoxy) is 1. The van der Waals surface area contributed by atoms with E-state index in [0.717, 1.165) is 24.2 Å². The van der Waals surface area contributed by atoms with Gasteiger partial charge in [0.1, 0.15) is 5.75 Å². The number of aryl methyl sites for hydroxylation is 1. The number of benzene rings is 1. The zero-order valence-electron chi connectivity index (χ0n) is 9.98. The Balaban J connectivity index is 1.88. The molecule has 1 aromatic carbocycles. The SMILES string of the molecule is COc1ccc(CCC(=O)C2=CCC=C2)cc1. The minimum Gasteiger partial charge on any atom is -0.497 e. The number of carbonyl (C=O) groups excluding carboxylic acids is 1. The molecule has 0 amide bonds. The first-order valence-corrected chi connectivity index (χ1v) is 5.82. The molecular formula is C15H16O2. The summed E-state index contributed by atoms with van der Waals surface area (Å²) in [6, 6.07) is 7.86. The molecule has 1 aliphatic rings. The summed E-state index contributed by atoms with van der Waals surface area (Å²) in [6.45, 7) is 0. The van der Waals surface area contributed by atoms with Gasteiger partial charge in [-0.1, -0.05) is 30.4 Å². The highest BCUT2D eigenvalue weighted by atomic mass is 16.5. The van der Waals surface area contributed by atoms with Gasteiger partial charge in [0.2, 0.25) is 0 Å². The highest BCUT2D eigenvalue weighted by molar-refractivity contribution is 5.98. The van der Waals surface area contributed by atoms with E-state index < -0.39 is 0 Å². The molecule has 0 fully saturated rings. The van der Waals surface area contributed by atoms with Gasteiger partial charge in [-0.25, -0.2) is 0 Å². The van der Waals surface area contributed by atoms with E-state index in [2.05, 4.69) is 0 Å². The first-order chi connectivity index (χ1) is 8.29. The van der Waals surface area contributed by atoms with E-state index in [-0.39, 0.29) is 5.78 Å². The van der Waals surface area contributed by atoms with E-state index in [1.54, 1.807) is 7.11 Å². The third-order valence-electron chi connectivity index (χ3n) is 2.89. The third-order valence-corrected chi connectivity index (χ3v) is 2.89. The Morgan fingerprint density at radius 2 is 2.06 bits per heavy atom. The largest absolute Gasteiger partial charge is 0.497 e. The topological polar surface area (TPSA) is 26.3 Å². The summed E-state index contributed by atoms with van der Waals surface area (Å²) in [5.74, 6) is 1.08. The second kappa shape index (κ2) is 5.48. The average Bonchev–Trinajstić information content (AvgIpc) is 2.90. The van der Waals surface area contributed by atoms with Gasteiger partial charge in [-0.3, -0.25) is 4.79 Å². The number of hydrogen-bond acceptors (Lipinski definition) is 2. The molecule has 2 rings (SSSR count). The maximum Gasteiger partial charge on any atom is 0.162 e. The quantitative estimate of drug-likeness (QED) is 0.774. The van der Waals surface area contributed by atoms with Crippen LogP contribution in [0.25, 0.3) is 0 Å². The number of carbonyl (C=O) groups is 1. The number of ketones is 1. The van der Waals surface area contributed by atoms with Gasteiger partial charge in [0.25, 0.3) is 0 Å². The fourth-order valence-electron chi connectivity index (χ4n) is 1.86. The Labute approximate surface area is 102 Å². The van der Waals surface area contributed by atoms with E-state index in [1.165, 1.54) is 5.56 Å². The van der Waals surface area contributed by atoms with Gasteiger partial charge >= 0.3 is 0 Å². The van der Waals surface area contributed by atoms with Crippen molar-refractivity contribution in [3.8, 4) is 5.75 Å². The summed E-state index contributed by atoms with van der Waals surface area (Å²) in [5.41, 5.74) is 2.03. The van der Waals surface area contributed by atoms with Gasteiger partial charge in [0.05, 0.1) is 7.11 Å². The van der Waals surface area contributed by atoms with Crippen molar-refractivity contribution in [1.82, 2.24) is 0 Å². The number of rotatable bonds is 5. The van der Waals surface area contributed by atoms with E-state index >= 15 is 0 Å². The first-order valence-electron chi connectivity index (χ1n) is 5.82. The van der Waals surface area contributed by atoms with E-state index in [9.17, 15) is 4.79 Å². The molecule has 0 aromatic heterocycles. The van der Waals surface area contributed by atoms with Crippen LogP contribution in [0.3, 0.4) is 0 Å². The first kappa shape index (κ1) is 11.6. The molecule has 0 saturated heterocycles. The molecule has 88 valence electrons. The molecule has 0 spiro atoms. The van der Waals surface area contributed by atoms with Crippen molar-refractivity contribution >= 4 is 5.78 Å². The average molecular weight is 228 g/mol. The summed E-state index contributed by atoms with van der Waals surface area (Å²) in [7, 11) is 1.65. The van der Waals surface area contributed by atoms with E-state index in [4.69, 9.17) is 4.74 Å². The lowest BCUT2D eigenvalue weighted by molar-refractivity contribution is -0.115. The highest BCUT2D eigenvalue weighted by Gasteiger charge is 2.08. The monoisotopic (exact) mass is 228 g/mol. The van der Waals surface area contributed by atoms with Crippen molar-refractivity contribution in [2.75, 3.05) is 7.11 Å². The van der Waals surface area contributed by atoms with Crippen LogP contribution < -0.4 is 4.74 Å². The zero-order chi connectivity index (χ0) is 12.1. The van der Waals surface area contributed by atoms with Crippen LogP contribution in [0.2, 0.25) is 0 Å². The maximum atomic E-state index is 11.8. The van der Waals surface area contributed by atoms with Crippen molar-refractivity contribution < 1.29 is 9.53 Å². The Morgan fingerprint density at radius 1 is 1.29 bits per heavy atom. The summed E-state index contributed by atoms with van der Waals surface area (Å²) in [6.07, 6.45) is 8.16. The van der Waals surface area contributed by atoms with Gasteiger partial charge < -0.3 is 4.74 Å². The number of methoxy groups -OCH3 is 1. The molecular weight excluding hydrogens is 212 g/mol. The van der Waals surface area contributed by atoms with Gasteiger partial charge in [-0.15, -0.1) is 0 Å². The second-order valence-electron chi connectivity index (χ2n) is 4.07. The van der Waals surface area contributed by atoms with Crippen LogP contribution in [0.5, 0.6) is 5.75 Å². The summed E-state index contributed by atoms with van der Waals surface area (Å²) in [4.78, 5) is 11.8. The Bertz CT molecular complexity index is 452. The van der Waals surface area contributed by atoms with Gasteiger partial charge in [-0.05, 0) is 30.5 Å². The highest BCUT2D eigenvalue weighted by Crippen LogP contribution is 2.15. The lowest BCUT2D eigenvalue weighted by Gasteiger charge is -2.03. The van der Waals surface area contributed by atoms with Crippen molar-refractivity contribution in [3.63, 3.8) is 0 Å². The third kappa shape index (κ3) is 3.06. The van der Waals surface area contributed by atoms with Gasteiger partial charge in [-0.2, -0.15) is 0 Å². The zero-order valence-corrected chi connectivity index (χ0v) is 9.98. The molecule has 0 unspecified atom stereocenters. The number of hydrogen-bond donors (Lipinski definition) is 0.